The third kappa shape index (κ3) is 8.07. The van der Waals surface area contributed by atoms with Crippen LogP contribution >= 0.6 is 0 Å². The highest BCUT2D eigenvalue weighted by Crippen LogP contribution is 2.29. The Morgan fingerprint density at radius 1 is 0.914 bits per heavy atom. The molecule has 0 saturated carbocycles. The second-order valence-electron chi connectivity index (χ2n) is 9.70. The molecule has 5 nitrogen and oxygen atoms in total. The van der Waals surface area contributed by atoms with Crippen molar-refractivity contribution in [2.45, 2.75) is 51.4 Å². The Morgan fingerprint density at radius 2 is 1.74 bits per heavy atom. The first-order valence-corrected chi connectivity index (χ1v) is 13.0. The molecule has 4 rings (SSSR count). The molecule has 1 aliphatic heterocycles. The van der Waals surface area contributed by atoms with Gasteiger partial charge in [0.1, 0.15) is 5.82 Å². The van der Waals surface area contributed by atoms with Gasteiger partial charge < -0.3 is 14.4 Å². The number of nitrogens with zero attached hydrogens (tertiary/aromatic N) is 3. The van der Waals surface area contributed by atoms with Crippen LogP contribution in [0.25, 0.3) is 0 Å². The van der Waals surface area contributed by atoms with E-state index < -0.39 is 0 Å². The van der Waals surface area contributed by atoms with Gasteiger partial charge >= 0.3 is 0 Å². The highest BCUT2D eigenvalue weighted by atomic mass is 16.5. The molecule has 1 aromatic heterocycles. The molecule has 0 spiro atoms. The zero-order chi connectivity index (χ0) is 24.3. The van der Waals surface area contributed by atoms with E-state index in [-0.39, 0.29) is 0 Å². The number of rotatable bonds is 12. The van der Waals surface area contributed by atoms with Crippen LogP contribution < -0.4 is 9.47 Å². The molecule has 1 aliphatic rings. The molecule has 0 aliphatic carbocycles. The van der Waals surface area contributed by atoms with E-state index in [1.807, 2.05) is 12.3 Å². The van der Waals surface area contributed by atoms with Gasteiger partial charge in [-0.2, -0.15) is 0 Å². The van der Waals surface area contributed by atoms with E-state index >= 15 is 0 Å². The highest BCUT2D eigenvalue weighted by Gasteiger charge is 2.16. The maximum absolute atomic E-state index is 6.11. The van der Waals surface area contributed by atoms with Crippen molar-refractivity contribution in [3.8, 4) is 11.5 Å². The van der Waals surface area contributed by atoms with Gasteiger partial charge in [0.15, 0.2) is 11.5 Å². The molecular formula is C30H39N3O2. The molecule has 2 heterocycles. The Kier molecular flexibility index (Phi) is 9.53. The average molecular weight is 474 g/mol. The maximum atomic E-state index is 6.11. The Labute approximate surface area is 210 Å². The van der Waals surface area contributed by atoms with Gasteiger partial charge in [-0.25, -0.2) is 9.97 Å². The molecule has 5 heteroatoms. The second kappa shape index (κ2) is 13.2. The summed E-state index contributed by atoms with van der Waals surface area (Å²) in [5, 5.41) is 0. The minimum atomic E-state index is 0.676. The molecule has 0 unspecified atom stereocenters. The number of likely N-dealkylation sites (tertiary alicyclic amines) is 1. The zero-order valence-electron chi connectivity index (χ0n) is 21.3. The molecule has 186 valence electrons. The first-order chi connectivity index (χ1) is 17.2. The predicted octanol–water partition coefficient (Wildman–Crippen LogP) is 5.75. The number of benzene rings is 2. The van der Waals surface area contributed by atoms with Crippen molar-refractivity contribution in [2.24, 2.45) is 5.92 Å². The summed E-state index contributed by atoms with van der Waals surface area (Å²) in [4.78, 5) is 11.8. The van der Waals surface area contributed by atoms with Crippen LogP contribution in [0.15, 0.2) is 60.8 Å². The predicted molar refractivity (Wildman–Crippen MR) is 141 cm³/mol. The summed E-state index contributed by atoms with van der Waals surface area (Å²) >= 11 is 0. The fraction of sp³-hybridized carbons (Fsp3) is 0.467. The number of hydrogen-bond donors (Lipinski definition) is 0. The minimum Gasteiger partial charge on any atom is -0.493 e. The molecule has 1 saturated heterocycles. The van der Waals surface area contributed by atoms with Gasteiger partial charge in [0.05, 0.1) is 13.7 Å². The van der Waals surface area contributed by atoms with Crippen LogP contribution in [0.3, 0.4) is 0 Å². The maximum Gasteiger partial charge on any atom is 0.161 e. The molecule has 1 fully saturated rings. The Bertz CT molecular complexity index is 1030. The van der Waals surface area contributed by atoms with E-state index in [0.29, 0.717) is 13.0 Å². The lowest BCUT2D eigenvalue weighted by atomic mass is 9.92. The Morgan fingerprint density at radius 3 is 2.54 bits per heavy atom. The van der Waals surface area contributed by atoms with Crippen LogP contribution in [-0.4, -0.2) is 48.7 Å². The number of aryl methyl sites for hydroxylation is 2. The summed E-state index contributed by atoms with van der Waals surface area (Å²) in [5.74, 6) is 3.25. The van der Waals surface area contributed by atoms with Gasteiger partial charge in [0.25, 0.3) is 0 Å². The number of piperidine rings is 1. The first-order valence-electron chi connectivity index (χ1n) is 13.0. The quantitative estimate of drug-likeness (QED) is 0.313. The topological polar surface area (TPSA) is 47.5 Å². The lowest BCUT2D eigenvalue weighted by Gasteiger charge is -2.28. The molecule has 0 N–H and O–H groups in total. The summed E-state index contributed by atoms with van der Waals surface area (Å²) < 4.78 is 11.6. The van der Waals surface area contributed by atoms with Crippen molar-refractivity contribution >= 4 is 0 Å². The lowest BCUT2D eigenvalue weighted by Crippen LogP contribution is -2.30. The number of methoxy groups -OCH3 is 1. The summed E-state index contributed by atoms with van der Waals surface area (Å²) in [6.45, 7) is 3.11. The van der Waals surface area contributed by atoms with Gasteiger partial charge in [0.2, 0.25) is 0 Å². The van der Waals surface area contributed by atoms with Gasteiger partial charge in [-0.15, -0.1) is 0 Å². The largest absolute Gasteiger partial charge is 0.493 e. The summed E-state index contributed by atoms with van der Waals surface area (Å²) in [6.07, 6.45) is 10.6. The average Bonchev–Trinajstić information content (AvgIpc) is 2.89. The number of ether oxygens (including phenoxy) is 2. The molecule has 0 radical (unpaired) electrons. The molecule has 3 aromatic rings. The first kappa shape index (κ1) is 25.2. The Balaban J connectivity index is 1.28. The molecule has 0 amide bonds. The van der Waals surface area contributed by atoms with Crippen LogP contribution in [-0.2, 0) is 19.3 Å². The normalized spacial score (nSPS) is 14.7. The number of unbranched alkanes of at least 4 members (excludes halogenated alkanes) is 1. The highest BCUT2D eigenvalue weighted by molar-refractivity contribution is 5.43. The van der Waals surface area contributed by atoms with Crippen molar-refractivity contribution in [3.63, 3.8) is 0 Å². The van der Waals surface area contributed by atoms with Crippen molar-refractivity contribution in [1.29, 1.82) is 0 Å². The van der Waals surface area contributed by atoms with Crippen LogP contribution in [0.5, 0.6) is 11.5 Å². The second-order valence-corrected chi connectivity index (χ2v) is 9.70. The molecule has 0 bridgehead atoms. The van der Waals surface area contributed by atoms with Crippen molar-refractivity contribution in [2.75, 3.05) is 33.9 Å². The van der Waals surface area contributed by atoms with E-state index in [0.717, 1.165) is 60.2 Å². The smallest absolute Gasteiger partial charge is 0.161 e. The van der Waals surface area contributed by atoms with E-state index in [9.17, 15) is 0 Å². The van der Waals surface area contributed by atoms with Crippen LogP contribution in [0, 0.1) is 5.92 Å². The van der Waals surface area contributed by atoms with E-state index in [4.69, 9.17) is 14.5 Å². The van der Waals surface area contributed by atoms with Crippen molar-refractivity contribution in [1.82, 2.24) is 14.9 Å². The lowest BCUT2D eigenvalue weighted by molar-refractivity contribution is 0.212. The molecule has 2 aromatic carbocycles. The Hall–Kier alpha value is -2.92. The SMILES string of the molecule is COc1ccc(Cc2nccc(CCC3CCN(C)CC3)n2)cc1OCCCCc1ccccc1. The van der Waals surface area contributed by atoms with Gasteiger partial charge in [-0.3, -0.25) is 0 Å². The van der Waals surface area contributed by atoms with Crippen LogP contribution in [0.2, 0.25) is 0 Å². The van der Waals surface area contributed by atoms with Crippen LogP contribution in [0.4, 0.5) is 0 Å². The monoisotopic (exact) mass is 473 g/mol. The van der Waals surface area contributed by atoms with E-state index in [1.54, 1.807) is 7.11 Å². The van der Waals surface area contributed by atoms with Gasteiger partial charge in [-0.05, 0) is 100 Å². The minimum absolute atomic E-state index is 0.676. The fourth-order valence-electron chi connectivity index (χ4n) is 4.75. The van der Waals surface area contributed by atoms with Gasteiger partial charge in [-0.1, -0.05) is 36.4 Å². The van der Waals surface area contributed by atoms with Gasteiger partial charge in [0, 0.05) is 18.3 Å². The zero-order valence-corrected chi connectivity index (χ0v) is 21.3. The standard InChI is InChI=1S/C30H39N3O2/c1-33-19-16-25(17-20-33)11-13-27-15-18-31-30(32-27)23-26-12-14-28(34-2)29(22-26)35-21-7-6-10-24-8-4-3-5-9-24/h3-5,8-9,12,14-15,18,22,25H,6-7,10-11,13,16-17,19-21,23H2,1-2H3. The fourth-order valence-corrected chi connectivity index (χ4v) is 4.75. The third-order valence-electron chi connectivity index (χ3n) is 6.96. The molecule has 0 atom stereocenters. The van der Waals surface area contributed by atoms with Crippen molar-refractivity contribution < 1.29 is 9.47 Å². The van der Waals surface area contributed by atoms with E-state index in [2.05, 4.69) is 65.5 Å². The number of aromatic nitrogens is 2. The molecule has 35 heavy (non-hydrogen) atoms. The molecular weight excluding hydrogens is 434 g/mol. The third-order valence-corrected chi connectivity index (χ3v) is 6.96. The summed E-state index contributed by atoms with van der Waals surface area (Å²) in [6, 6.07) is 18.8. The van der Waals surface area contributed by atoms with Crippen molar-refractivity contribution in [3.05, 3.63) is 83.4 Å². The van der Waals surface area contributed by atoms with Crippen LogP contribution in [0.1, 0.15) is 54.7 Å². The number of hydrogen-bond acceptors (Lipinski definition) is 5. The summed E-state index contributed by atoms with van der Waals surface area (Å²) in [5.41, 5.74) is 3.66. The summed E-state index contributed by atoms with van der Waals surface area (Å²) in [7, 11) is 3.91. The van der Waals surface area contributed by atoms with E-state index in [1.165, 1.54) is 37.9 Å².